The van der Waals surface area contributed by atoms with Gasteiger partial charge in [0, 0.05) is 6.20 Å². The Bertz CT molecular complexity index is 1050. The van der Waals surface area contributed by atoms with Crippen molar-refractivity contribution in [1.29, 1.82) is 0 Å². The van der Waals surface area contributed by atoms with Gasteiger partial charge in [0.1, 0.15) is 30.2 Å². The van der Waals surface area contributed by atoms with Gasteiger partial charge in [-0.1, -0.05) is 0 Å². The maximum absolute atomic E-state index is 13.5. The van der Waals surface area contributed by atoms with Crippen LogP contribution in [0.3, 0.4) is 0 Å². The van der Waals surface area contributed by atoms with Crippen LogP contribution in [0.15, 0.2) is 17.1 Å². The largest absolute Gasteiger partial charge is 0.510 e. The molecule has 0 amide bonds. The third kappa shape index (κ3) is 9.01. The van der Waals surface area contributed by atoms with Crippen LogP contribution in [0.25, 0.3) is 0 Å². The van der Waals surface area contributed by atoms with Gasteiger partial charge in [-0.05, 0) is 40.7 Å². The highest BCUT2D eigenvalue weighted by atomic mass is 31.2. The quantitative estimate of drug-likeness (QED) is 0.149. The fourth-order valence-corrected chi connectivity index (χ4v) is 4.89. The van der Waals surface area contributed by atoms with E-state index in [1.54, 1.807) is 20.8 Å². The van der Waals surface area contributed by atoms with Crippen LogP contribution in [0, 0.1) is 0 Å². The van der Waals surface area contributed by atoms with Gasteiger partial charge in [0.05, 0.1) is 32.0 Å². The van der Waals surface area contributed by atoms with Crippen LogP contribution in [0.2, 0.25) is 0 Å². The van der Waals surface area contributed by atoms with Gasteiger partial charge in [-0.25, -0.2) is 19.2 Å². The maximum atomic E-state index is 13.5. The number of aromatic nitrogens is 2. The van der Waals surface area contributed by atoms with Gasteiger partial charge in [0.25, 0.3) is 0 Å². The summed E-state index contributed by atoms with van der Waals surface area (Å²) < 4.78 is 45.4. The average molecular weight is 567 g/mol. The molecule has 0 aromatic carbocycles. The molecular weight excluding hydrogens is 531 g/mol. The number of nitrogens with zero attached hydrogens (tertiary/aromatic N) is 2. The third-order valence-electron chi connectivity index (χ3n) is 5.09. The monoisotopic (exact) mass is 566 g/mol. The van der Waals surface area contributed by atoms with Crippen LogP contribution in [0.4, 0.5) is 10.6 Å². The lowest BCUT2D eigenvalue weighted by Crippen LogP contribution is -2.54. The zero-order valence-electron chi connectivity index (χ0n) is 21.7. The Balaban J connectivity index is 2.12. The van der Waals surface area contributed by atoms with Crippen LogP contribution in [-0.4, -0.2) is 88.5 Å². The minimum atomic E-state index is -4.44. The van der Waals surface area contributed by atoms with Gasteiger partial charge < -0.3 is 34.9 Å². The Morgan fingerprint density at radius 3 is 2.55 bits per heavy atom. The fourth-order valence-electron chi connectivity index (χ4n) is 3.33. The summed E-state index contributed by atoms with van der Waals surface area (Å²) >= 11 is 0. The van der Waals surface area contributed by atoms with Gasteiger partial charge in [-0.15, -0.1) is 0 Å². The molecule has 1 aliphatic rings. The second-order valence-electron chi connectivity index (χ2n) is 8.57. The van der Waals surface area contributed by atoms with Crippen LogP contribution in [0.5, 0.6) is 0 Å². The first kappa shape index (κ1) is 31.6. The molecule has 1 aromatic rings. The number of aliphatic hydroxyl groups excluding tert-OH is 2. The fraction of sp³-hybridized carbons (Fsp3) is 0.714. The second kappa shape index (κ2) is 14.0. The number of anilines is 1. The van der Waals surface area contributed by atoms with Gasteiger partial charge in [0.2, 0.25) is 6.29 Å². The van der Waals surface area contributed by atoms with Crippen molar-refractivity contribution in [1.82, 2.24) is 14.6 Å². The Hall–Kier alpha value is -2.59. The van der Waals surface area contributed by atoms with E-state index < -0.39 is 75.0 Å². The molecule has 16 nitrogen and oxygen atoms in total. The summed E-state index contributed by atoms with van der Waals surface area (Å²) in [6, 6.07) is -0.832. The highest BCUT2D eigenvalue weighted by molar-refractivity contribution is 7.51. The number of hydrogen-bond acceptors (Lipinski definition) is 14. The van der Waals surface area contributed by atoms with Gasteiger partial charge >= 0.3 is 25.6 Å². The SMILES string of the molecule is CCOC(=O)OC(C)OP(=O)(NC(C)C(=O)OC(C)C)OCC1OCC(n2ccc(N)nc2=O)C(O)C1O. The number of carbonyl (C=O) groups is 2. The second-order valence-corrected chi connectivity index (χ2v) is 10.3. The van der Waals surface area contributed by atoms with Crippen molar-refractivity contribution >= 4 is 25.7 Å². The molecule has 17 heteroatoms. The number of esters is 1. The lowest BCUT2D eigenvalue weighted by atomic mass is 9.98. The molecule has 1 aliphatic heterocycles. The number of rotatable bonds is 12. The van der Waals surface area contributed by atoms with E-state index in [0.29, 0.717) is 0 Å². The first-order chi connectivity index (χ1) is 17.8. The molecule has 2 rings (SSSR count). The number of nitrogen functional groups attached to an aromatic ring is 1. The molecular formula is C21H35N4O12P. The lowest BCUT2D eigenvalue weighted by molar-refractivity contribution is -0.169. The molecule has 38 heavy (non-hydrogen) atoms. The molecule has 5 N–H and O–H groups in total. The molecule has 1 aromatic heterocycles. The van der Waals surface area contributed by atoms with Crippen molar-refractivity contribution in [3.63, 3.8) is 0 Å². The van der Waals surface area contributed by atoms with E-state index in [9.17, 15) is 29.2 Å². The summed E-state index contributed by atoms with van der Waals surface area (Å²) in [6.07, 6.45) is -6.01. The summed E-state index contributed by atoms with van der Waals surface area (Å²) in [5.74, 6) is -0.777. The molecule has 0 spiro atoms. The molecule has 0 saturated carbocycles. The smallest absolute Gasteiger partial charge is 0.462 e. The summed E-state index contributed by atoms with van der Waals surface area (Å²) in [5.41, 5.74) is 4.73. The van der Waals surface area contributed by atoms with E-state index in [1.165, 1.54) is 26.1 Å². The Morgan fingerprint density at radius 1 is 1.26 bits per heavy atom. The summed E-state index contributed by atoms with van der Waals surface area (Å²) in [7, 11) is -4.44. The number of nitrogens with one attached hydrogen (secondary N) is 1. The Morgan fingerprint density at radius 2 is 1.95 bits per heavy atom. The molecule has 0 bridgehead atoms. The number of aliphatic hydroxyl groups is 2. The maximum Gasteiger partial charge on any atom is 0.510 e. The third-order valence-corrected chi connectivity index (χ3v) is 6.86. The first-order valence-corrected chi connectivity index (χ1v) is 13.4. The first-order valence-electron chi connectivity index (χ1n) is 11.8. The van der Waals surface area contributed by atoms with E-state index in [4.69, 9.17) is 29.0 Å². The Labute approximate surface area is 218 Å². The zero-order chi connectivity index (χ0) is 28.6. The highest BCUT2D eigenvalue weighted by Crippen LogP contribution is 2.46. The van der Waals surface area contributed by atoms with Gasteiger partial charge in [0.15, 0.2) is 0 Å². The number of hydrogen-bond donors (Lipinski definition) is 4. The Kier molecular flexibility index (Phi) is 11.6. The van der Waals surface area contributed by atoms with E-state index in [-0.39, 0.29) is 19.0 Å². The van der Waals surface area contributed by atoms with E-state index in [2.05, 4.69) is 14.8 Å². The summed E-state index contributed by atoms with van der Waals surface area (Å²) in [5, 5.41) is 23.6. The van der Waals surface area contributed by atoms with E-state index in [0.717, 1.165) is 4.57 Å². The van der Waals surface area contributed by atoms with Crippen molar-refractivity contribution in [2.24, 2.45) is 0 Å². The van der Waals surface area contributed by atoms with Gasteiger partial charge in [-0.2, -0.15) is 4.98 Å². The minimum Gasteiger partial charge on any atom is -0.462 e. The van der Waals surface area contributed by atoms with Crippen LogP contribution in [-0.2, 0) is 37.4 Å². The topological polar surface area (TPSA) is 220 Å². The summed E-state index contributed by atoms with van der Waals surface area (Å²) in [4.78, 5) is 39.6. The lowest BCUT2D eigenvalue weighted by Gasteiger charge is -2.38. The predicted molar refractivity (Wildman–Crippen MR) is 130 cm³/mol. The molecule has 7 atom stereocenters. The highest BCUT2D eigenvalue weighted by Gasteiger charge is 2.42. The molecule has 1 saturated heterocycles. The molecule has 1 fully saturated rings. The van der Waals surface area contributed by atoms with Crippen LogP contribution in [0.1, 0.15) is 40.7 Å². The van der Waals surface area contributed by atoms with Crippen molar-refractivity contribution in [3.8, 4) is 0 Å². The van der Waals surface area contributed by atoms with Crippen molar-refractivity contribution in [2.45, 2.75) is 77.4 Å². The van der Waals surface area contributed by atoms with E-state index in [1.807, 2.05) is 0 Å². The molecule has 2 heterocycles. The molecule has 7 unspecified atom stereocenters. The minimum absolute atomic E-state index is 0.0137. The van der Waals surface area contributed by atoms with Crippen molar-refractivity contribution < 1.29 is 52.4 Å². The number of nitrogens with two attached hydrogens (primary N) is 1. The van der Waals surface area contributed by atoms with Gasteiger partial charge in [-0.3, -0.25) is 18.4 Å². The number of ether oxygens (including phenoxy) is 4. The van der Waals surface area contributed by atoms with Crippen LogP contribution >= 0.6 is 7.75 Å². The van der Waals surface area contributed by atoms with Crippen LogP contribution < -0.4 is 16.5 Å². The van der Waals surface area contributed by atoms with Crippen molar-refractivity contribution in [3.05, 3.63) is 22.7 Å². The molecule has 216 valence electrons. The standard InChI is InChI=1S/C21H35N4O12P/c1-6-32-21(30)36-13(5)37-38(31,24-12(4)19(28)35-11(2)3)34-10-15-18(27)17(26)14(9-33-15)25-8-7-16(22)23-20(25)29/h7-8,11-15,17-18,26-27H,6,9-10H2,1-5H3,(H,24,31)(H2,22,23,29). The van der Waals surface area contributed by atoms with Crippen molar-refractivity contribution in [2.75, 3.05) is 25.6 Å². The molecule has 0 aliphatic carbocycles. The molecule has 0 radical (unpaired) electrons. The number of carbonyl (C=O) groups excluding carboxylic acids is 2. The predicted octanol–water partition coefficient (Wildman–Crippen LogP) is 0.0773. The summed E-state index contributed by atoms with van der Waals surface area (Å²) in [6.45, 7) is 6.58. The zero-order valence-corrected chi connectivity index (χ0v) is 22.6. The normalized spacial score (nSPS) is 24.7. The average Bonchev–Trinajstić information content (AvgIpc) is 2.80. The van der Waals surface area contributed by atoms with E-state index >= 15 is 0 Å².